The number of carbonyl (C=O) groups excluding carboxylic acids is 1. The van der Waals surface area contributed by atoms with Gasteiger partial charge in [-0.25, -0.2) is 4.79 Å². The van der Waals surface area contributed by atoms with Crippen molar-refractivity contribution in [2.24, 2.45) is 5.41 Å². The molecule has 0 amide bonds. The first-order chi connectivity index (χ1) is 9.26. The summed E-state index contributed by atoms with van der Waals surface area (Å²) in [5, 5.41) is 33.8. The number of hydrogen-bond donors (Lipinski definition) is 4. The normalized spacial score (nSPS) is 10.9. The van der Waals surface area contributed by atoms with Crippen LogP contribution in [-0.4, -0.2) is 57.0 Å². The molecule has 0 spiro atoms. The van der Waals surface area contributed by atoms with Gasteiger partial charge in [-0.3, -0.25) is 14.4 Å². The van der Waals surface area contributed by atoms with Gasteiger partial charge in [0, 0.05) is 0 Å². The first kappa shape index (κ1) is 21.1. The Balaban J connectivity index is 0. The highest BCUT2D eigenvalue weighted by Crippen LogP contribution is 2.15. The van der Waals surface area contributed by atoms with Crippen molar-refractivity contribution in [3.05, 3.63) is 0 Å². The summed E-state index contributed by atoms with van der Waals surface area (Å²) in [7, 11) is 1.40. The minimum atomic E-state index is -2.74. The second-order valence-corrected chi connectivity index (χ2v) is 5.22. The van der Waals surface area contributed by atoms with Crippen LogP contribution >= 0.6 is 0 Å². The zero-order valence-electron chi connectivity index (χ0n) is 12.2. The quantitative estimate of drug-likeness (QED) is 0.511. The van der Waals surface area contributed by atoms with Gasteiger partial charge in [-0.1, -0.05) is 0 Å². The Bertz CT molecular complexity index is 389. The van der Waals surface area contributed by atoms with Crippen LogP contribution < -0.4 is 0 Å². The zero-order chi connectivity index (χ0) is 17.4. The predicted octanol–water partition coefficient (Wildman–Crippen LogP) is -0.0430. The van der Waals surface area contributed by atoms with Gasteiger partial charge in [-0.2, -0.15) is 0 Å². The van der Waals surface area contributed by atoms with Crippen LogP contribution in [0.25, 0.3) is 0 Å². The molecule has 0 saturated heterocycles. The van der Waals surface area contributed by atoms with Crippen molar-refractivity contribution in [2.75, 3.05) is 7.11 Å². The van der Waals surface area contributed by atoms with E-state index in [1.54, 1.807) is 0 Å². The van der Waals surface area contributed by atoms with Gasteiger partial charge in [0.15, 0.2) is 5.60 Å². The van der Waals surface area contributed by atoms with Crippen molar-refractivity contribution in [1.29, 1.82) is 0 Å². The molecule has 0 heterocycles. The van der Waals surface area contributed by atoms with Gasteiger partial charge in [-0.15, -0.1) is 0 Å². The molecule has 0 fully saturated rings. The molecule has 9 nitrogen and oxygen atoms in total. The molecule has 0 aromatic carbocycles. The topological polar surface area (TPSA) is 158 Å². The SMILES string of the molecule is COC(=O)C(C)(C)C.O=C(O)CC(O)(CC(=O)O)C(=O)O. The van der Waals surface area contributed by atoms with E-state index >= 15 is 0 Å². The first-order valence-electron chi connectivity index (χ1n) is 5.74. The summed E-state index contributed by atoms with van der Waals surface area (Å²) >= 11 is 0. The third-order valence-corrected chi connectivity index (χ3v) is 2.08. The fourth-order valence-corrected chi connectivity index (χ4v) is 1.02. The molecule has 0 aliphatic heterocycles. The number of aliphatic hydroxyl groups is 1. The Morgan fingerprint density at radius 1 is 0.905 bits per heavy atom. The van der Waals surface area contributed by atoms with E-state index in [0.717, 1.165) is 0 Å². The van der Waals surface area contributed by atoms with Gasteiger partial charge in [0.05, 0.1) is 25.4 Å². The van der Waals surface area contributed by atoms with Crippen LogP contribution in [0.3, 0.4) is 0 Å². The highest BCUT2D eigenvalue weighted by atomic mass is 16.5. The fraction of sp³-hybridized carbons (Fsp3) is 0.667. The van der Waals surface area contributed by atoms with Gasteiger partial charge in [0.1, 0.15) is 0 Å². The number of aliphatic carboxylic acids is 3. The van der Waals surface area contributed by atoms with Crippen LogP contribution in [0.15, 0.2) is 0 Å². The number of carboxylic acid groups (broad SMARTS) is 3. The highest BCUT2D eigenvalue weighted by molar-refractivity contribution is 5.88. The summed E-state index contributed by atoms with van der Waals surface area (Å²) in [6, 6.07) is 0. The average Bonchev–Trinajstić information content (AvgIpc) is 2.24. The number of rotatable bonds is 5. The molecule has 0 aromatic rings. The standard InChI is InChI=1S/C6H8O7.C6H12O2/c7-3(8)1-6(13,5(11)12)2-4(9)10;1-6(2,3)5(7)8-4/h13H,1-2H2,(H,7,8)(H,9,10)(H,11,12);1-4H3. The molecule has 0 aromatic heterocycles. The largest absolute Gasteiger partial charge is 0.481 e. The molecule has 9 heteroatoms. The Hall–Kier alpha value is -2.16. The summed E-state index contributed by atoms with van der Waals surface area (Å²) < 4.78 is 4.48. The third kappa shape index (κ3) is 9.38. The van der Waals surface area contributed by atoms with E-state index in [2.05, 4.69) is 4.74 Å². The van der Waals surface area contributed by atoms with Gasteiger partial charge in [-0.05, 0) is 20.8 Å². The molecule has 0 aliphatic carbocycles. The van der Waals surface area contributed by atoms with E-state index in [9.17, 15) is 19.2 Å². The number of carbonyl (C=O) groups is 4. The Morgan fingerprint density at radius 3 is 1.33 bits per heavy atom. The minimum absolute atomic E-state index is 0.169. The van der Waals surface area contributed by atoms with Crippen LogP contribution in [0.1, 0.15) is 33.6 Å². The lowest BCUT2D eigenvalue weighted by atomic mass is 9.96. The Labute approximate surface area is 121 Å². The monoisotopic (exact) mass is 308 g/mol. The second kappa shape index (κ2) is 8.20. The van der Waals surface area contributed by atoms with Crippen molar-refractivity contribution in [3.8, 4) is 0 Å². The highest BCUT2D eigenvalue weighted by Gasteiger charge is 2.40. The molecule has 122 valence electrons. The Morgan fingerprint density at radius 2 is 1.24 bits per heavy atom. The number of esters is 1. The molecule has 4 N–H and O–H groups in total. The van der Waals surface area contributed by atoms with E-state index in [1.165, 1.54) is 7.11 Å². The lowest BCUT2D eigenvalue weighted by Crippen LogP contribution is -2.42. The molecule has 0 rings (SSSR count). The molecule has 0 atom stereocenters. The molecule has 0 saturated carbocycles. The maximum absolute atomic E-state index is 10.6. The molecular formula is C12H20O9. The van der Waals surface area contributed by atoms with Crippen LogP contribution in [0.4, 0.5) is 0 Å². The van der Waals surface area contributed by atoms with Gasteiger partial charge in [0.25, 0.3) is 0 Å². The minimum Gasteiger partial charge on any atom is -0.481 e. The predicted molar refractivity (Wildman–Crippen MR) is 68.6 cm³/mol. The third-order valence-electron chi connectivity index (χ3n) is 2.08. The summed E-state index contributed by atoms with van der Waals surface area (Å²) in [6.45, 7) is 5.45. The molecule has 0 bridgehead atoms. The molecule has 0 aliphatic rings. The molecular weight excluding hydrogens is 288 g/mol. The van der Waals surface area contributed by atoms with Crippen LogP contribution in [0.5, 0.6) is 0 Å². The molecule has 0 radical (unpaired) electrons. The number of ether oxygens (including phenoxy) is 1. The Kier molecular flexibility index (Phi) is 8.26. The lowest BCUT2D eigenvalue weighted by Gasteiger charge is -2.18. The number of methoxy groups -OCH3 is 1. The van der Waals surface area contributed by atoms with E-state index in [4.69, 9.17) is 20.4 Å². The van der Waals surface area contributed by atoms with E-state index in [-0.39, 0.29) is 11.4 Å². The van der Waals surface area contributed by atoms with Crippen LogP contribution in [0.2, 0.25) is 0 Å². The summed E-state index contributed by atoms with van der Waals surface area (Å²) in [4.78, 5) is 41.1. The number of hydrogen-bond acceptors (Lipinski definition) is 6. The molecule has 0 unspecified atom stereocenters. The lowest BCUT2D eigenvalue weighted by molar-refractivity contribution is -0.170. The van der Waals surface area contributed by atoms with Crippen LogP contribution in [-0.2, 0) is 23.9 Å². The average molecular weight is 308 g/mol. The summed E-state index contributed by atoms with van der Waals surface area (Å²) in [5.41, 5.74) is -3.09. The van der Waals surface area contributed by atoms with Crippen molar-refractivity contribution in [1.82, 2.24) is 0 Å². The van der Waals surface area contributed by atoms with Crippen molar-refractivity contribution >= 4 is 23.9 Å². The second-order valence-electron chi connectivity index (χ2n) is 5.22. The smallest absolute Gasteiger partial charge is 0.336 e. The summed E-state index contributed by atoms with van der Waals surface area (Å²) in [5.74, 6) is -5.19. The first-order valence-corrected chi connectivity index (χ1v) is 5.74. The maximum atomic E-state index is 10.6. The molecule has 21 heavy (non-hydrogen) atoms. The van der Waals surface area contributed by atoms with E-state index in [1.807, 2.05) is 20.8 Å². The number of carboxylic acids is 3. The van der Waals surface area contributed by atoms with Gasteiger partial charge in [0.2, 0.25) is 0 Å². The van der Waals surface area contributed by atoms with E-state index < -0.39 is 36.4 Å². The maximum Gasteiger partial charge on any atom is 0.336 e. The van der Waals surface area contributed by atoms with Crippen molar-refractivity contribution in [2.45, 2.75) is 39.2 Å². The fourth-order valence-electron chi connectivity index (χ4n) is 1.02. The van der Waals surface area contributed by atoms with Crippen molar-refractivity contribution in [3.63, 3.8) is 0 Å². The zero-order valence-corrected chi connectivity index (χ0v) is 12.2. The summed E-state index contributed by atoms with van der Waals surface area (Å²) in [6.07, 6.45) is -2.29. The van der Waals surface area contributed by atoms with Gasteiger partial charge >= 0.3 is 23.9 Å². The van der Waals surface area contributed by atoms with E-state index in [0.29, 0.717) is 0 Å². The van der Waals surface area contributed by atoms with Crippen molar-refractivity contribution < 1.29 is 44.3 Å². The van der Waals surface area contributed by atoms with Gasteiger partial charge < -0.3 is 25.2 Å². The van der Waals surface area contributed by atoms with Crippen LogP contribution in [0, 0.1) is 5.41 Å².